The molecule has 0 bridgehead atoms. The number of halogens is 2. The van der Waals surface area contributed by atoms with Gasteiger partial charge in [0.05, 0.1) is 6.10 Å². The average molecular weight is 274 g/mol. The number of nitrogens with one attached hydrogen (secondary N) is 1. The van der Waals surface area contributed by atoms with E-state index in [-0.39, 0.29) is 17.9 Å². The van der Waals surface area contributed by atoms with E-state index in [9.17, 15) is 13.6 Å². The fourth-order valence-corrected chi connectivity index (χ4v) is 1.30. The number of hydrogen-bond acceptors (Lipinski definition) is 4. The number of nitrogens with two attached hydrogens (primary N) is 1. The maximum Gasteiger partial charge on any atom is 0.387 e. The molecule has 7 heteroatoms. The SMILES string of the molecule is CC(O)C(N)CNC(=O)c1cccc(OC(F)F)c1. The molecule has 1 rings (SSSR count). The summed E-state index contributed by atoms with van der Waals surface area (Å²) in [7, 11) is 0. The van der Waals surface area contributed by atoms with Crippen LogP contribution in [0.4, 0.5) is 8.78 Å². The van der Waals surface area contributed by atoms with Crippen molar-refractivity contribution in [1.29, 1.82) is 0 Å². The van der Waals surface area contributed by atoms with E-state index in [0.29, 0.717) is 0 Å². The molecule has 0 fully saturated rings. The fourth-order valence-electron chi connectivity index (χ4n) is 1.30. The van der Waals surface area contributed by atoms with Crippen LogP contribution in [0.5, 0.6) is 5.75 Å². The number of carbonyl (C=O) groups excluding carboxylic acids is 1. The van der Waals surface area contributed by atoms with Crippen LogP contribution < -0.4 is 15.8 Å². The van der Waals surface area contributed by atoms with Gasteiger partial charge in [-0.1, -0.05) is 6.07 Å². The van der Waals surface area contributed by atoms with Crippen LogP contribution >= 0.6 is 0 Å². The zero-order valence-corrected chi connectivity index (χ0v) is 10.3. The second-order valence-corrected chi connectivity index (χ2v) is 4.02. The summed E-state index contributed by atoms with van der Waals surface area (Å²) in [6.07, 6.45) is -0.756. The minimum absolute atomic E-state index is 0.0798. The van der Waals surface area contributed by atoms with E-state index in [2.05, 4.69) is 10.1 Å². The van der Waals surface area contributed by atoms with Gasteiger partial charge >= 0.3 is 6.61 Å². The zero-order chi connectivity index (χ0) is 14.4. The van der Waals surface area contributed by atoms with Gasteiger partial charge in [0.2, 0.25) is 0 Å². The summed E-state index contributed by atoms with van der Waals surface area (Å²) >= 11 is 0. The first-order chi connectivity index (χ1) is 8.90. The van der Waals surface area contributed by atoms with Crippen molar-refractivity contribution >= 4 is 5.91 Å². The molecule has 4 N–H and O–H groups in total. The molecule has 106 valence electrons. The lowest BCUT2D eigenvalue weighted by molar-refractivity contribution is -0.0498. The van der Waals surface area contributed by atoms with E-state index < -0.39 is 24.7 Å². The Balaban J connectivity index is 2.61. The number of ether oxygens (including phenoxy) is 1. The maximum absolute atomic E-state index is 12.0. The molecule has 0 aliphatic heterocycles. The van der Waals surface area contributed by atoms with Gasteiger partial charge in [0.15, 0.2) is 0 Å². The summed E-state index contributed by atoms with van der Waals surface area (Å²) in [5.74, 6) is -0.571. The number of aliphatic hydroxyl groups is 1. The van der Waals surface area contributed by atoms with Crippen molar-refractivity contribution in [1.82, 2.24) is 5.32 Å². The Morgan fingerprint density at radius 3 is 2.79 bits per heavy atom. The second-order valence-electron chi connectivity index (χ2n) is 4.02. The first-order valence-corrected chi connectivity index (χ1v) is 5.67. The van der Waals surface area contributed by atoms with Crippen LogP contribution in [0.3, 0.4) is 0 Å². The van der Waals surface area contributed by atoms with Gasteiger partial charge in [-0.3, -0.25) is 4.79 Å². The van der Waals surface area contributed by atoms with E-state index in [1.54, 1.807) is 0 Å². The predicted molar refractivity (Wildman–Crippen MR) is 65.1 cm³/mol. The van der Waals surface area contributed by atoms with Crippen LogP contribution in [0.25, 0.3) is 0 Å². The molecule has 2 atom stereocenters. The van der Waals surface area contributed by atoms with Crippen LogP contribution in [0.1, 0.15) is 17.3 Å². The molecule has 5 nitrogen and oxygen atoms in total. The van der Waals surface area contributed by atoms with Crippen LogP contribution in [0.2, 0.25) is 0 Å². The van der Waals surface area contributed by atoms with Gasteiger partial charge in [-0.25, -0.2) is 0 Å². The number of hydrogen-bond donors (Lipinski definition) is 3. The molecule has 1 amide bonds. The van der Waals surface area contributed by atoms with Gasteiger partial charge in [-0.15, -0.1) is 0 Å². The highest BCUT2D eigenvalue weighted by atomic mass is 19.3. The van der Waals surface area contributed by atoms with E-state index in [1.807, 2.05) is 0 Å². The Labute approximate surface area is 109 Å². The van der Waals surface area contributed by atoms with Crippen LogP contribution in [0, 0.1) is 0 Å². The largest absolute Gasteiger partial charge is 0.435 e. The Bertz CT molecular complexity index is 427. The molecular weight excluding hydrogens is 258 g/mol. The minimum Gasteiger partial charge on any atom is -0.435 e. The molecule has 1 aromatic carbocycles. The monoisotopic (exact) mass is 274 g/mol. The first kappa shape index (κ1) is 15.3. The lowest BCUT2D eigenvalue weighted by Gasteiger charge is -2.15. The highest BCUT2D eigenvalue weighted by molar-refractivity contribution is 5.94. The third kappa shape index (κ3) is 5.19. The second kappa shape index (κ2) is 7.01. The van der Waals surface area contributed by atoms with Crippen molar-refractivity contribution < 1.29 is 23.4 Å². The van der Waals surface area contributed by atoms with E-state index >= 15 is 0 Å². The number of amides is 1. The lowest BCUT2D eigenvalue weighted by Crippen LogP contribution is -2.43. The molecule has 2 unspecified atom stereocenters. The van der Waals surface area contributed by atoms with Crippen LogP contribution in [-0.4, -0.2) is 36.3 Å². The molecule has 0 aromatic heterocycles. The molecule has 0 aliphatic rings. The lowest BCUT2D eigenvalue weighted by atomic mass is 10.1. The van der Waals surface area contributed by atoms with E-state index in [4.69, 9.17) is 10.8 Å². The zero-order valence-electron chi connectivity index (χ0n) is 10.3. The summed E-state index contributed by atoms with van der Waals surface area (Å²) in [5.41, 5.74) is 5.73. The van der Waals surface area contributed by atoms with Crippen LogP contribution in [0.15, 0.2) is 24.3 Å². The van der Waals surface area contributed by atoms with Gasteiger partial charge in [0.1, 0.15) is 5.75 Å². The normalized spacial score (nSPS) is 14.0. The van der Waals surface area contributed by atoms with Gasteiger partial charge in [-0.05, 0) is 25.1 Å². The van der Waals surface area contributed by atoms with Gasteiger partial charge in [0.25, 0.3) is 5.91 Å². The molecular formula is C12H16F2N2O3. The topological polar surface area (TPSA) is 84.6 Å². The summed E-state index contributed by atoms with van der Waals surface area (Å²) in [6, 6.07) is 4.83. The van der Waals surface area contributed by atoms with Gasteiger partial charge < -0.3 is 20.9 Å². The minimum atomic E-state index is -2.94. The first-order valence-electron chi connectivity index (χ1n) is 5.67. The van der Waals surface area contributed by atoms with E-state index in [1.165, 1.54) is 31.2 Å². The number of benzene rings is 1. The molecule has 19 heavy (non-hydrogen) atoms. The Morgan fingerprint density at radius 2 is 2.21 bits per heavy atom. The molecule has 0 radical (unpaired) electrons. The number of carbonyl (C=O) groups is 1. The van der Waals surface area contributed by atoms with Crippen molar-refractivity contribution in [3.63, 3.8) is 0 Å². The fraction of sp³-hybridized carbons (Fsp3) is 0.417. The standard InChI is InChI=1S/C12H16F2N2O3/c1-7(17)10(15)6-16-11(18)8-3-2-4-9(5-8)19-12(13)14/h2-5,7,10,12,17H,6,15H2,1H3,(H,16,18). The average Bonchev–Trinajstić information content (AvgIpc) is 2.34. The third-order valence-electron chi connectivity index (χ3n) is 2.44. The van der Waals surface area contributed by atoms with Crippen molar-refractivity contribution in [2.45, 2.75) is 25.7 Å². The maximum atomic E-state index is 12.0. The Morgan fingerprint density at radius 1 is 1.53 bits per heavy atom. The van der Waals surface area contributed by atoms with Crippen molar-refractivity contribution in [3.8, 4) is 5.75 Å². The summed E-state index contributed by atoms with van der Waals surface area (Å²) < 4.78 is 28.2. The predicted octanol–water partition coefficient (Wildman–Crippen LogP) is 0.726. The quantitative estimate of drug-likeness (QED) is 0.714. The highest BCUT2D eigenvalue weighted by Gasteiger charge is 2.13. The number of aliphatic hydroxyl groups excluding tert-OH is 1. The number of alkyl halides is 2. The highest BCUT2D eigenvalue weighted by Crippen LogP contribution is 2.15. The molecule has 0 saturated carbocycles. The van der Waals surface area contributed by atoms with Crippen LogP contribution in [-0.2, 0) is 0 Å². The van der Waals surface area contributed by atoms with Gasteiger partial charge in [-0.2, -0.15) is 8.78 Å². The van der Waals surface area contributed by atoms with Crippen molar-refractivity contribution in [2.75, 3.05) is 6.54 Å². The third-order valence-corrected chi connectivity index (χ3v) is 2.44. The Hall–Kier alpha value is -1.73. The molecule has 0 spiro atoms. The van der Waals surface area contributed by atoms with Gasteiger partial charge in [0, 0.05) is 18.2 Å². The molecule has 0 aliphatic carbocycles. The van der Waals surface area contributed by atoms with Crippen molar-refractivity contribution in [2.24, 2.45) is 5.73 Å². The molecule has 0 heterocycles. The summed E-state index contributed by atoms with van der Waals surface area (Å²) in [4.78, 5) is 11.7. The Kier molecular flexibility index (Phi) is 5.65. The summed E-state index contributed by atoms with van der Waals surface area (Å²) in [5, 5.41) is 11.7. The smallest absolute Gasteiger partial charge is 0.387 e. The number of rotatable bonds is 6. The molecule has 0 saturated heterocycles. The van der Waals surface area contributed by atoms with E-state index in [0.717, 1.165) is 0 Å². The van der Waals surface area contributed by atoms with Crippen molar-refractivity contribution in [3.05, 3.63) is 29.8 Å². The molecule has 1 aromatic rings. The summed E-state index contributed by atoms with van der Waals surface area (Å²) in [6.45, 7) is -1.35.